The van der Waals surface area contributed by atoms with Gasteiger partial charge in [-0.15, -0.1) is 0 Å². The summed E-state index contributed by atoms with van der Waals surface area (Å²) in [6.45, 7) is 2.12. The number of nitrogen functional groups attached to an aromatic ring is 1. The number of nitrogens with zero attached hydrogens (tertiary/aromatic N) is 5. The third-order valence-corrected chi connectivity index (χ3v) is 5.43. The zero-order chi connectivity index (χ0) is 22.0. The molecule has 5 N–H and O–H groups in total. The van der Waals surface area contributed by atoms with Gasteiger partial charge in [0.25, 0.3) is 0 Å². The normalized spacial score (nSPS) is 23.8. The second kappa shape index (κ2) is 9.20. The van der Waals surface area contributed by atoms with Crippen LogP contribution < -0.4 is 11.1 Å². The molecule has 31 heavy (non-hydrogen) atoms. The molecule has 166 valence electrons. The van der Waals surface area contributed by atoms with E-state index in [-0.39, 0.29) is 11.6 Å². The van der Waals surface area contributed by atoms with Gasteiger partial charge in [0.15, 0.2) is 17.7 Å². The number of nitrogens with one attached hydrogen (secondary N) is 1. The SMILES string of the molecule is CN(CCNCc1ccccc1F)C[C@H]1O[C@@H](n2cnc3c(N)ncnc32)[C@H](O)[C@@H]1O. The zero-order valence-electron chi connectivity index (χ0n) is 17.1. The van der Waals surface area contributed by atoms with Crippen LogP contribution in [0.3, 0.4) is 0 Å². The summed E-state index contributed by atoms with van der Waals surface area (Å²) >= 11 is 0. The van der Waals surface area contributed by atoms with E-state index in [0.717, 1.165) is 0 Å². The summed E-state index contributed by atoms with van der Waals surface area (Å²) < 4.78 is 21.2. The van der Waals surface area contributed by atoms with Crippen molar-refractivity contribution < 1.29 is 19.3 Å². The first-order valence-corrected chi connectivity index (χ1v) is 10.0. The fourth-order valence-electron chi connectivity index (χ4n) is 3.70. The summed E-state index contributed by atoms with van der Waals surface area (Å²) in [6.07, 6.45) is -0.885. The van der Waals surface area contributed by atoms with Gasteiger partial charge in [0.1, 0.15) is 36.0 Å². The van der Waals surface area contributed by atoms with Crippen LogP contribution in [0.2, 0.25) is 0 Å². The van der Waals surface area contributed by atoms with Crippen LogP contribution in [0.5, 0.6) is 0 Å². The van der Waals surface area contributed by atoms with E-state index in [1.807, 2.05) is 11.9 Å². The highest BCUT2D eigenvalue weighted by molar-refractivity contribution is 5.81. The molecule has 1 aliphatic rings. The molecule has 0 saturated carbocycles. The molecule has 0 unspecified atom stereocenters. The van der Waals surface area contributed by atoms with Crippen molar-refractivity contribution in [3.63, 3.8) is 0 Å². The van der Waals surface area contributed by atoms with Crippen molar-refractivity contribution in [3.05, 3.63) is 48.3 Å². The minimum absolute atomic E-state index is 0.232. The van der Waals surface area contributed by atoms with Gasteiger partial charge < -0.3 is 30.9 Å². The first kappa shape index (κ1) is 21.5. The van der Waals surface area contributed by atoms with Crippen LogP contribution in [0.4, 0.5) is 10.2 Å². The van der Waals surface area contributed by atoms with Gasteiger partial charge in [0.2, 0.25) is 0 Å². The molecular formula is C20H26FN7O3. The second-order valence-corrected chi connectivity index (χ2v) is 7.66. The molecule has 3 heterocycles. The van der Waals surface area contributed by atoms with Crippen LogP contribution >= 0.6 is 0 Å². The molecule has 1 fully saturated rings. The maximum absolute atomic E-state index is 13.7. The van der Waals surface area contributed by atoms with E-state index in [2.05, 4.69) is 20.3 Å². The van der Waals surface area contributed by atoms with E-state index in [1.54, 1.807) is 22.8 Å². The van der Waals surface area contributed by atoms with Crippen LogP contribution in [-0.2, 0) is 11.3 Å². The number of aliphatic hydroxyl groups excluding tert-OH is 2. The number of aromatic nitrogens is 4. The summed E-state index contributed by atoms with van der Waals surface area (Å²) in [7, 11) is 1.89. The molecule has 0 bridgehead atoms. The standard InChI is InChI=1S/C20H26FN7O3/c1-27(7-6-23-8-12-4-2-3-5-13(12)21)9-14-16(29)17(30)20(31-14)28-11-26-15-18(22)24-10-25-19(15)28/h2-5,10-11,14,16-17,20,23,29-30H,6-9H2,1H3,(H2,22,24,25)/t14-,16-,17-,20-/m1/s1. The minimum atomic E-state index is -1.15. The Hall–Kier alpha value is -2.70. The Labute approximate surface area is 178 Å². The number of ether oxygens (including phenoxy) is 1. The Balaban J connectivity index is 1.31. The number of hydrogen-bond donors (Lipinski definition) is 4. The number of halogens is 1. The number of benzene rings is 1. The number of aliphatic hydroxyl groups is 2. The number of hydrogen-bond acceptors (Lipinski definition) is 9. The van der Waals surface area contributed by atoms with Gasteiger partial charge in [0, 0.05) is 31.7 Å². The van der Waals surface area contributed by atoms with Crippen molar-refractivity contribution in [2.45, 2.75) is 31.1 Å². The summed E-state index contributed by atoms with van der Waals surface area (Å²) in [5.74, 6) is 0.000803. The Morgan fingerprint density at radius 1 is 1.23 bits per heavy atom. The fourth-order valence-corrected chi connectivity index (χ4v) is 3.70. The lowest BCUT2D eigenvalue weighted by Gasteiger charge is -2.23. The average molecular weight is 431 g/mol. The van der Waals surface area contributed by atoms with Gasteiger partial charge in [-0.25, -0.2) is 19.3 Å². The molecule has 3 aromatic rings. The van der Waals surface area contributed by atoms with E-state index in [4.69, 9.17) is 10.5 Å². The lowest BCUT2D eigenvalue weighted by Crippen LogP contribution is -2.40. The molecule has 0 radical (unpaired) electrons. The molecule has 2 aromatic heterocycles. The first-order chi connectivity index (χ1) is 15.0. The summed E-state index contributed by atoms with van der Waals surface area (Å²) in [5.41, 5.74) is 7.26. The smallest absolute Gasteiger partial charge is 0.167 e. The maximum atomic E-state index is 13.7. The van der Waals surface area contributed by atoms with Gasteiger partial charge in [-0.05, 0) is 13.1 Å². The molecule has 10 nitrogen and oxygen atoms in total. The van der Waals surface area contributed by atoms with Crippen LogP contribution in [0, 0.1) is 5.82 Å². The quantitative estimate of drug-likeness (QED) is 0.360. The first-order valence-electron chi connectivity index (χ1n) is 10.0. The molecule has 0 amide bonds. The molecular weight excluding hydrogens is 405 g/mol. The highest BCUT2D eigenvalue weighted by Gasteiger charge is 2.44. The number of likely N-dealkylation sites (N-methyl/N-ethyl adjacent to an activating group) is 1. The Morgan fingerprint density at radius 2 is 2.03 bits per heavy atom. The number of anilines is 1. The van der Waals surface area contributed by atoms with Crippen LogP contribution in [-0.4, -0.2) is 79.6 Å². The molecule has 1 aliphatic heterocycles. The predicted octanol–water partition coefficient (Wildman–Crippen LogP) is -0.112. The lowest BCUT2D eigenvalue weighted by molar-refractivity contribution is -0.0420. The van der Waals surface area contributed by atoms with Crippen LogP contribution in [0.25, 0.3) is 11.2 Å². The van der Waals surface area contributed by atoms with Crippen LogP contribution in [0.15, 0.2) is 36.9 Å². The number of fused-ring (bicyclic) bond motifs is 1. The molecule has 0 aliphatic carbocycles. The van der Waals surface area contributed by atoms with E-state index >= 15 is 0 Å². The van der Waals surface area contributed by atoms with E-state index in [1.165, 1.54) is 18.7 Å². The fraction of sp³-hybridized carbons (Fsp3) is 0.450. The minimum Gasteiger partial charge on any atom is -0.387 e. The van der Waals surface area contributed by atoms with Crippen molar-refractivity contribution in [3.8, 4) is 0 Å². The highest BCUT2D eigenvalue weighted by atomic mass is 19.1. The predicted molar refractivity (Wildman–Crippen MR) is 111 cm³/mol. The van der Waals surface area contributed by atoms with Gasteiger partial charge in [0.05, 0.1) is 6.33 Å². The van der Waals surface area contributed by atoms with E-state index in [0.29, 0.717) is 42.9 Å². The van der Waals surface area contributed by atoms with E-state index in [9.17, 15) is 14.6 Å². The number of imidazole rings is 1. The zero-order valence-corrected chi connectivity index (χ0v) is 17.1. The van der Waals surface area contributed by atoms with Gasteiger partial charge in [-0.3, -0.25) is 4.57 Å². The monoisotopic (exact) mass is 431 g/mol. The van der Waals surface area contributed by atoms with Crippen molar-refractivity contribution in [1.29, 1.82) is 0 Å². The van der Waals surface area contributed by atoms with Crippen molar-refractivity contribution in [2.75, 3.05) is 32.4 Å². The van der Waals surface area contributed by atoms with Gasteiger partial charge >= 0.3 is 0 Å². The Kier molecular flexibility index (Phi) is 6.39. The second-order valence-electron chi connectivity index (χ2n) is 7.66. The molecule has 0 spiro atoms. The molecule has 1 saturated heterocycles. The summed E-state index contributed by atoms with van der Waals surface area (Å²) in [4.78, 5) is 14.2. The van der Waals surface area contributed by atoms with Gasteiger partial charge in [-0.2, -0.15) is 0 Å². The molecule has 11 heteroatoms. The third-order valence-electron chi connectivity index (χ3n) is 5.43. The van der Waals surface area contributed by atoms with Crippen molar-refractivity contribution >= 4 is 17.0 Å². The molecule has 1 aromatic carbocycles. The average Bonchev–Trinajstić information content (AvgIpc) is 3.30. The van der Waals surface area contributed by atoms with Gasteiger partial charge in [-0.1, -0.05) is 18.2 Å². The van der Waals surface area contributed by atoms with Crippen molar-refractivity contribution in [2.24, 2.45) is 0 Å². The Morgan fingerprint density at radius 3 is 2.84 bits per heavy atom. The van der Waals surface area contributed by atoms with Crippen molar-refractivity contribution in [1.82, 2.24) is 29.7 Å². The van der Waals surface area contributed by atoms with Crippen LogP contribution in [0.1, 0.15) is 11.8 Å². The van der Waals surface area contributed by atoms with E-state index < -0.39 is 24.5 Å². The lowest BCUT2D eigenvalue weighted by atomic mass is 10.1. The summed E-state index contributed by atoms with van der Waals surface area (Å²) in [6, 6.07) is 6.65. The molecule has 4 atom stereocenters. The number of rotatable bonds is 8. The summed E-state index contributed by atoms with van der Waals surface area (Å²) in [5, 5.41) is 24.2. The largest absolute Gasteiger partial charge is 0.387 e. The Bertz CT molecular complexity index is 1030. The topological polar surface area (TPSA) is 135 Å². The highest BCUT2D eigenvalue weighted by Crippen LogP contribution is 2.32. The third kappa shape index (κ3) is 4.50. The number of nitrogens with two attached hydrogens (primary N) is 1. The molecule has 4 rings (SSSR count). The maximum Gasteiger partial charge on any atom is 0.167 e.